The number of benzene rings is 1. The van der Waals surface area contributed by atoms with Crippen LogP contribution in [0.25, 0.3) is 0 Å². The van der Waals surface area contributed by atoms with Crippen LogP contribution >= 0.6 is 0 Å². The summed E-state index contributed by atoms with van der Waals surface area (Å²) < 4.78 is 0. The number of urea groups is 2. The lowest BCUT2D eigenvalue weighted by atomic mass is 10.1. The Morgan fingerprint density at radius 3 is 1.72 bits per heavy atom. The SMILES string of the molecule is CC[C@@H](C)NC(=O)[C@H](CC(=O)O)NC(=O)[C@H](CC(=O)O)NC(=O)Cc1ccc(CNC(=O)NCCCC[C@@H](C)NC(=O)N[C@@H](CCC(=O)O)C(=O)O)cc1. The van der Waals surface area contributed by atoms with Gasteiger partial charge in [-0.25, -0.2) is 14.4 Å². The van der Waals surface area contributed by atoms with Gasteiger partial charge in [0.25, 0.3) is 0 Å². The highest BCUT2D eigenvalue weighted by molar-refractivity contribution is 5.95. The molecule has 54 heavy (non-hydrogen) atoms. The molecule has 5 atom stereocenters. The Bertz CT molecular complexity index is 1470. The van der Waals surface area contributed by atoms with E-state index in [0.29, 0.717) is 43.4 Å². The van der Waals surface area contributed by atoms with Crippen molar-refractivity contribution >= 4 is 53.7 Å². The third kappa shape index (κ3) is 20.2. The zero-order valence-corrected chi connectivity index (χ0v) is 30.4. The van der Waals surface area contributed by atoms with Gasteiger partial charge < -0.3 is 57.6 Å². The van der Waals surface area contributed by atoms with Crippen LogP contribution in [-0.4, -0.2) is 111 Å². The van der Waals surface area contributed by atoms with Crippen molar-refractivity contribution in [1.82, 2.24) is 37.2 Å². The van der Waals surface area contributed by atoms with Gasteiger partial charge in [-0.1, -0.05) is 31.2 Å². The molecule has 11 N–H and O–H groups in total. The maximum absolute atomic E-state index is 12.9. The molecule has 0 aliphatic heterocycles. The lowest BCUT2D eigenvalue weighted by Gasteiger charge is -2.23. The highest BCUT2D eigenvalue weighted by Crippen LogP contribution is 2.07. The summed E-state index contributed by atoms with van der Waals surface area (Å²) in [5.74, 6) is -7.80. The second-order valence-electron chi connectivity index (χ2n) is 12.6. The molecular weight excluding hydrogens is 714 g/mol. The maximum Gasteiger partial charge on any atom is 0.326 e. The average molecular weight is 766 g/mol. The number of carbonyl (C=O) groups is 9. The summed E-state index contributed by atoms with van der Waals surface area (Å²) in [4.78, 5) is 107. The number of carboxylic acids is 4. The Morgan fingerprint density at radius 2 is 1.17 bits per heavy atom. The lowest BCUT2D eigenvalue weighted by Crippen LogP contribution is -2.55. The molecule has 20 nitrogen and oxygen atoms in total. The van der Waals surface area contributed by atoms with Gasteiger partial charge in [-0.3, -0.25) is 28.8 Å². The van der Waals surface area contributed by atoms with Crippen molar-refractivity contribution in [2.75, 3.05) is 6.54 Å². The first-order chi connectivity index (χ1) is 25.4. The molecular formula is C34H51N7O13. The number of carboxylic acid groups (broad SMARTS) is 4. The van der Waals surface area contributed by atoms with Crippen molar-refractivity contribution in [1.29, 1.82) is 0 Å². The number of hydrogen-bond acceptors (Lipinski definition) is 9. The first-order valence-corrected chi connectivity index (χ1v) is 17.3. The third-order valence-corrected chi connectivity index (χ3v) is 7.86. The molecule has 0 fully saturated rings. The van der Waals surface area contributed by atoms with E-state index in [1.54, 1.807) is 45.0 Å². The van der Waals surface area contributed by atoms with E-state index in [1.807, 2.05) is 0 Å². The number of carbonyl (C=O) groups excluding carboxylic acids is 5. The topological polar surface area (TPSA) is 319 Å². The molecule has 0 saturated heterocycles. The van der Waals surface area contributed by atoms with Gasteiger partial charge in [0, 0.05) is 31.6 Å². The summed E-state index contributed by atoms with van der Waals surface area (Å²) in [6, 6.07) is 0.321. The van der Waals surface area contributed by atoms with E-state index < -0.39 is 91.0 Å². The van der Waals surface area contributed by atoms with E-state index in [0.717, 1.165) is 0 Å². The van der Waals surface area contributed by atoms with Gasteiger partial charge in [-0.2, -0.15) is 0 Å². The standard InChI is InChI=1S/C34H51N7O13/c1-4-19(2)37-30(49)25(17-29(47)48)40-31(50)24(16-28(45)46)39-26(42)15-21-8-10-22(11-9-21)18-36-33(53)35-14-6-5-7-20(3)38-34(54)41-23(32(51)52)12-13-27(43)44/h8-11,19-20,23-25H,4-7,12-18H2,1-3H3,(H,37,49)(H,39,42)(H,40,50)(H,43,44)(H,45,46)(H,47,48)(H,51,52)(H2,35,36,53)(H2,38,41,54)/t19-,20-,23+,24+,25+/m1/s1. The number of nitrogens with one attached hydrogen (secondary N) is 7. The first kappa shape index (κ1) is 46.1. The molecule has 0 radical (unpaired) electrons. The van der Waals surface area contributed by atoms with E-state index in [4.69, 9.17) is 10.2 Å². The van der Waals surface area contributed by atoms with Crippen LogP contribution in [0.4, 0.5) is 9.59 Å². The van der Waals surface area contributed by atoms with Gasteiger partial charge >= 0.3 is 35.9 Å². The fourth-order valence-electron chi connectivity index (χ4n) is 4.73. The van der Waals surface area contributed by atoms with Crippen LogP contribution < -0.4 is 37.2 Å². The molecule has 1 aromatic carbocycles. The van der Waals surface area contributed by atoms with Crippen LogP contribution in [0.5, 0.6) is 0 Å². The van der Waals surface area contributed by atoms with Crippen LogP contribution in [0, 0.1) is 0 Å². The van der Waals surface area contributed by atoms with Gasteiger partial charge in [0.1, 0.15) is 18.1 Å². The van der Waals surface area contributed by atoms with Crippen LogP contribution in [-0.2, 0) is 46.5 Å². The molecule has 1 rings (SSSR count). The van der Waals surface area contributed by atoms with E-state index in [1.165, 1.54) is 0 Å². The van der Waals surface area contributed by atoms with Gasteiger partial charge in [0.15, 0.2) is 0 Å². The Morgan fingerprint density at radius 1 is 0.593 bits per heavy atom. The second-order valence-corrected chi connectivity index (χ2v) is 12.6. The highest BCUT2D eigenvalue weighted by Gasteiger charge is 2.30. The van der Waals surface area contributed by atoms with Gasteiger partial charge in [-0.05, 0) is 57.1 Å². The monoisotopic (exact) mass is 765 g/mol. The van der Waals surface area contributed by atoms with Crippen LogP contribution in [0.15, 0.2) is 24.3 Å². The largest absolute Gasteiger partial charge is 0.481 e. The minimum atomic E-state index is -1.59. The van der Waals surface area contributed by atoms with E-state index in [-0.39, 0.29) is 31.5 Å². The third-order valence-electron chi connectivity index (χ3n) is 7.86. The predicted molar refractivity (Wildman–Crippen MR) is 190 cm³/mol. The molecule has 0 heterocycles. The van der Waals surface area contributed by atoms with Crippen molar-refractivity contribution in [3.05, 3.63) is 35.4 Å². The number of amides is 7. The van der Waals surface area contributed by atoms with Crippen molar-refractivity contribution < 1.29 is 63.6 Å². The molecule has 0 aliphatic carbocycles. The normalized spacial score (nSPS) is 13.4. The van der Waals surface area contributed by atoms with Crippen molar-refractivity contribution in [2.24, 2.45) is 0 Å². The summed E-state index contributed by atoms with van der Waals surface area (Å²) in [6.07, 6.45) is -0.192. The van der Waals surface area contributed by atoms with Gasteiger partial charge in [-0.15, -0.1) is 0 Å². The highest BCUT2D eigenvalue weighted by atomic mass is 16.4. The molecule has 0 saturated carbocycles. The summed E-state index contributed by atoms with van der Waals surface area (Å²) in [7, 11) is 0. The van der Waals surface area contributed by atoms with Crippen molar-refractivity contribution in [3.8, 4) is 0 Å². The number of aliphatic carboxylic acids is 4. The molecule has 7 amide bonds. The number of rotatable bonds is 25. The quantitative estimate of drug-likeness (QED) is 0.0587. The predicted octanol–water partition coefficient (Wildman–Crippen LogP) is 0.0380. The molecule has 20 heteroatoms. The summed E-state index contributed by atoms with van der Waals surface area (Å²) >= 11 is 0. The Labute approximate surface area is 311 Å². The average Bonchev–Trinajstić information content (AvgIpc) is 3.08. The minimum Gasteiger partial charge on any atom is -0.481 e. The van der Waals surface area contributed by atoms with Gasteiger partial charge in [0.05, 0.1) is 19.3 Å². The molecule has 0 spiro atoms. The number of hydrogen-bond donors (Lipinski definition) is 11. The fraction of sp³-hybridized carbons (Fsp3) is 0.559. The Balaban J connectivity index is 2.52. The van der Waals surface area contributed by atoms with Crippen molar-refractivity contribution in [2.45, 2.75) is 115 Å². The fourth-order valence-corrected chi connectivity index (χ4v) is 4.73. The molecule has 0 aliphatic rings. The van der Waals surface area contributed by atoms with Crippen LogP contribution in [0.2, 0.25) is 0 Å². The lowest BCUT2D eigenvalue weighted by molar-refractivity contribution is -0.143. The van der Waals surface area contributed by atoms with Gasteiger partial charge in [0.2, 0.25) is 17.7 Å². The van der Waals surface area contributed by atoms with Crippen LogP contribution in [0.1, 0.15) is 83.3 Å². The molecule has 0 unspecified atom stereocenters. The van der Waals surface area contributed by atoms with Crippen molar-refractivity contribution in [3.63, 3.8) is 0 Å². The molecule has 0 bridgehead atoms. The maximum atomic E-state index is 12.9. The summed E-state index contributed by atoms with van der Waals surface area (Å²) in [5.41, 5.74) is 1.21. The van der Waals surface area contributed by atoms with E-state index in [2.05, 4.69) is 37.2 Å². The van der Waals surface area contributed by atoms with Crippen LogP contribution in [0.3, 0.4) is 0 Å². The second kappa shape index (κ2) is 24.3. The molecule has 300 valence electrons. The first-order valence-electron chi connectivity index (χ1n) is 17.3. The van der Waals surface area contributed by atoms with E-state index >= 15 is 0 Å². The zero-order valence-electron chi connectivity index (χ0n) is 30.4. The minimum absolute atomic E-state index is 0.154. The summed E-state index contributed by atoms with van der Waals surface area (Å²) in [5, 5.41) is 53.7. The Hall–Kier alpha value is -5.95. The summed E-state index contributed by atoms with van der Waals surface area (Å²) in [6.45, 7) is 5.69. The van der Waals surface area contributed by atoms with E-state index in [9.17, 15) is 53.4 Å². The number of unbranched alkanes of at least 4 members (excludes halogenated alkanes) is 1. The molecule has 1 aromatic rings. The smallest absolute Gasteiger partial charge is 0.326 e. The zero-order chi connectivity index (χ0) is 40.8. The Kier molecular flexibility index (Phi) is 20.7. The molecule has 0 aromatic heterocycles.